The summed E-state index contributed by atoms with van der Waals surface area (Å²) >= 11 is 0. The smallest absolute Gasteiger partial charge is 0.338 e. The number of hydrogen-bond acceptors (Lipinski definition) is 5. The van der Waals surface area contributed by atoms with E-state index in [2.05, 4.69) is 6.07 Å². The van der Waals surface area contributed by atoms with Gasteiger partial charge in [-0.2, -0.15) is 0 Å². The van der Waals surface area contributed by atoms with Gasteiger partial charge in [-0.15, -0.1) is 0 Å². The van der Waals surface area contributed by atoms with E-state index in [4.69, 9.17) is 4.74 Å². The van der Waals surface area contributed by atoms with Gasteiger partial charge in [0.2, 0.25) is 10.0 Å². The van der Waals surface area contributed by atoms with Crippen LogP contribution in [0.3, 0.4) is 0 Å². The number of benzene rings is 2. The third kappa shape index (κ3) is 4.05. The molecule has 0 aliphatic carbocycles. The van der Waals surface area contributed by atoms with Crippen molar-refractivity contribution < 1.29 is 22.7 Å². The van der Waals surface area contributed by atoms with Crippen LogP contribution >= 0.6 is 0 Å². The maximum atomic E-state index is 12.8. The summed E-state index contributed by atoms with van der Waals surface area (Å²) < 4.78 is 31.0. The van der Waals surface area contributed by atoms with Crippen LogP contribution in [-0.4, -0.2) is 50.1 Å². The molecule has 158 valence electrons. The lowest BCUT2D eigenvalue weighted by atomic mass is 9.99. The average molecular weight is 429 g/mol. The van der Waals surface area contributed by atoms with Crippen molar-refractivity contribution in [2.75, 3.05) is 23.1 Å². The lowest BCUT2D eigenvalue weighted by Gasteiger charge is -2.30. The molecule has 7 nitrogen and oxygen atoms in total. The molecule has 0 bridgehead atoms. The molecule has 4 rings (SSSR count). The minimum absolute atomic E-state index is 0.103. The summed E-state index contributed by atoms with van der Waals surface area (Å²) in [4.78, 5) is 27.1. The first-order valence-electron chi connectivity index (χ1n) is 10.0. The predicted octanol–water partition coefficient (Wildman–Crippen LogP) is 2.36. The van der Waals surface area contributed by atoms with Gasteiger partial charge >= 0.3 is 5.97 Å². The highest BCUT2D eigenvalue weighted by molar-refractivity contribution is 7.93. The molecule has 2 aliphatic rings. The summed E-state index contributed by atoms with van der Waals surface area (Å²) in [5.74, 6) is -0.783. The number of anilines is 1. The fraction of sp³-hybridized carbons (Fsp3) is 0.364. The molecule has 0 radical (unpaired) electrons. The number of sulfonamides is 1. The number of nitrogens with zero attached hydrogens (tertiary/aromatic N) is 2. The third-order valence-electron chi connectivity index (χ3n) is 5.54. The SMILES string of the molecule is CC(OC(=O)c1cccc(N2CCCS2(=O)=O)c1)C(=O)N1CCc2ccccc2C1. The molecule has 8 heteroatoms. The summed E-state index contributed by atoms with van der Waals surface area (Å²) in [6, 6.07) is 14.3. The van der Waals surface area contributed by atoms with Crippen LogP contribution < -0.4 is 4.31 Å². The average Bonchev–Trinajstić information content (AvgIpc) is 3.11. The molecule has 0 N–H and O–H groups in total. The molecule has 2 heterocycles. The fourth-order valence-corrected chi connectivity index (χ4v) is 5.49. The van der Waals surface area contributed by atoms with Crippen LogP contribution in [0.5, 0.6) is 0 Å². The van der Waals surface area contributed by atoms with Crippen LogP contribution in [0.4, 0.5) is 5.69 Å². The van der Waals surface area contributed by atoms with Crippen molar-refractivity contribution in [3.05, 3.63) is 65.2 Å². The largest absolute Gasteiger partial charge is 0.449 e. The van der Waals surface area contributed by atoms with E-state index in [0.29, 0.717) is 31.7 Å². The molecular weight excluding hydrogens is 404 g/mol. The molecule has 1 unspecified atom stereocenters. The number of carbonyl (C=O) groups is 2. The topological polar surface area (TPSA) is 84.0 Å². The van der Waals surface area contributed by atoms with E-state index in [1.807, 2.05) is 18.2 Å². The molecule has 0 spiro atoms. The van der Waals surface area contributed by atoms with Gasteiger partial charge in [0, 0.05) is 19.6 Å². The summed E-state index contributed by atoms with van der Waals surface area (Å²) in [6.45, 7) is 3.04. The summed E-state index contributed by atoms with van der Waals surface area (Å²) in [5, 5.41) is 0. The van der Waals surface area contributed by atoms with Crippen LogP contribution in [0.15, 0.2) is 48.5 Å². The number of hydrogen-bond donors (Lipinski definition) is 0. The van der Waals surface area contributed by atoms with Gasteiger partial charge in [-0.05, 0) is 49.1 Å². The van der Waals surface area contributed by atoms with Crippen molar-refractivity contribution in [3.8, 4) is 0 Å². The molecule has 0 aromatic heterocycles. The Bertz CT molecular complexity index is 1080. The molecule has 0 saturated carbocycles. The van der Waals surface area contributed by atoms with Gasteiger partial charge in [-0.1, -0.05) is 30.3 Å². The molecule has 1 fully saturated rings. The third-order valence-corrected chi connectivity index (χ3v) is 7.41. The second kappa shape index (κ2) is 8.10. The molecule has 2 aromatic rings. The van der Waals surface area contributed by atoms with E-state index in [1.165, 1.54) is 15.9 Å². The number of rotatable bonds is 4. The van der Waals surface area contributed by atoms with E-state index in [-0.39, 0.29) is 17.2 Å². The summed E-state index contributed by atoms with van der Waals surface area (Å²) in [7, 11) is -3.34. The summed E-state index contributed by atoms with van der Waals surface area (Å²) in [6.07, 6.45) is 0.401. The van der Waals surface area contributed by atoms with Crippen molar-refractivity contribution in [2.24, 2.45) is 0 Å². The number of amides is 1. The van der Waals surface area contributed by atoms with E-state index >= 15 is 0 Å². The second-order valence-corrected chi connectivity index (χ2v) is 9.63. The Morgan fingerprint density at radius 3 is 2.53 bits per heavy atom. The molecule has 30 heavy (non-hydrogen) atoms. The molecule has 2 aromatic carbocycles. The maximum Gasteiger partial charge on any atom is 0.338 e. The van der Waals surface area contributed by atoms with Gasteiger partial charge in [0.1, 0.15) is 0 Å². The van der Waals surface area contributed by atoms with Crippen LogP contribution in [0.1, 0.15) is 34.8 Å². The zero-order valence-electron chi connectivity index (χ0n) is 16.8. The van der Waals surface area contributed by atoms with E-state index in [1.54, 1.807) is 30.0 Å². The Kier molecular flexibility index (Phi) is 5.51. The Balaban J connectivity index is 1.43. The second-order valence-electron chi connectivity index (χ2n) is 7.62. The maximum absolute atomic E-state index is 12.8. The Morgan fingerprint density at radius 1 is 1.03 bits per heavy atom. The number of ether oxygens (including phenoxy) is 1. The molecular formula is C22H24N2O5S. The number of esters is 1. The zero-order valence-corrected chi connectivity index (χ0v) is 17.6. The Hall–Kier alpha value is -2.87. The molecule has 1 amide bonds. The fourth-order valence-electron chi connectivity index (χ4n) is 3.94. The van der Waals surface area contributed by atoms with E-state index in [9.17, 15) is 18.0 Å². The van der Waals surface area contributed by atoms with Gasteiger partial charge in [-0.25, -0.2) is 13.2 Å². The van der Waals surface area contributed by atoms with Gasteiger partial charge < -0.3 is 9.64 Å². The number of carbonyl (C=O) groups excluding carboxylic acids is 2. The zero-order chi connectivity index (χ0) is 21.3. The standard InChI is InChI=1S/C22H24N2O5S/c1-16(21(25)23-12-10-17-6-2-3-7-19(17)15-23)29-22(26)18-8-4-9-20(14-18)24-11-5-13-30(24,27)28/h2-4,6-9,14,16H,5,10-13,15H2,1H3. The minimum atomic E-state index is -3.34. The molecule has 1 atom stereocenters. The Morgan fingerprint density at radius 2 is 1.80 bits per heavy atom. The van der Waals surface area contributed by atoms with Crippen molar-refractivity contribution in [1.82, 2.24) is 4.90 Å². The van der Waals surface area contributed by atoms with Crippen LogP contribution in [0.25, 0.3) is 0 Å². The van der Waals surface area contributed by atoms with Crippen molar-refractivity contribution in [3.63, 3.8) is 0 Å². The van der Waals surface area contributed by atoms with E-state index in [0.717, 1.165) is 12.0 Å². The lowest BCUT2D eigenvalue weighted by Crippen LogP contribution is -2.42. The first kappa shape index (κ1) is 20.4. The van der Waals surface area contributed by atoms with Crippen molar-refractivity contribution >= 4 is 27.6 Å². The monoisotopic (exact) mass is 428 g/mol. The van der Waals surface area contributed by atoms with Gasteiger partial charge in [0.25, 0.3) is 5.91 Å². The quantitative estimate of drug-likeness (QED) is 0.698. The van der Waals surface area contributed by atoms with E-state index < -0.39 is 22.1 Å². The Labute approximate surface area is 176 Å². The van der Waals surface area contributed by atoms with Gasteiger partial charge in [0.05, 0.1) is 17.0 Å². The minimum Gasteiger partial charge on any atom is -0.449 e. The number of fused-ring (bicyclic) bond motifs is 1. The van der Waals surface area contributed by atoms with Crippen LogP contribution in [-0.2, 0) is 32.5 Å². The predicted molar refractivity (Wildman–Crippen MR) is 113 cm³/mol. The summed E-state index contributed by atoms with van der Waals surface area (Å²) in [5.41, 5.74) is 3.00. The normalized spacial score (nSPS) is 18.6. The molecule has 1 saturated heterocycles. The van der Waals surface area contributed by atoms with Gasteiger partial charge in [0.15, 0.2) is 6.10 Å². The van der Waals surface area contributed by atoms with Gasteiger partial charge in [-0.3, -0.25) is 9.10 Å². The first-order chi connectivity index (χ1) is 14.3. The highest BCUT2D eigenvalue weighted by atomic mass is 32.2. The van der Waals surface area contributed by atoms with Crippen molar-refractivity contribution in [1.29, 1.82) is 0 Å². The highest BCUT2D eigenvalue weighted by Crippen LogP contribution is 2.25. The molecule has 2 aliphatic heterocycles. The lowest BCUT2D eigenvalue weighted by molar-refractivity contribution is -0.140. The van der Waals surface area contributed by atoms with Crippen molar-refractivity contribution in [2.45, 2.75) is 32.4 Å². The van der Waals surface area contributed by atoms with Crippen LogP contribution in [0, 0.1) is 0 Å². The van der Waals surface area contributed by atoms with Crippen LogP contribution in [0.2, 0.25) is 0 Å². The highest BCUT2D eigenvalue weighted by Gasteiger charge is 2.30. The first-order valence-corrected chi connectivity index (χ1v) is 11.6.